The van der Waals surface area contributed by atoms with Crippen molar-refractivity contribution in [2.75, 3.05) is 6.61 Å². The second kappa shape index (κ2) is 8.57. The fraction of sp³-hybridized carbons (Fsp3) is 0.278. The molecule has 118 valence electrons. The molecule has 2 N–H and O–H groups in total. The largest absolute Gasteiger partial charge is 0.462 e. The van der Waals surface area contributed by atoms with Gasteiger partial charge in [0, 0.05) is 6.04 Å². The highest BCUT2D eigenvalue weighted by atomic mass is 35.5. The zero-order valence-electron chi connectivity index (χ0n) is 12.9. The van der Waals surface area contributed by atoms with Crippen LogP contribution in [0.5, 0.6) is 0 Å². The van der Waals surface area contributed by atoms with Gasteiger partial charge in [0.1, 0.15) is 0 Å². The van der Waals surface area contributed by atoms with Gasteiger partial charge in [-0.25, -0.2) is 4.79 Å². The fourth-order valence-electron chi connectivity index (χ4n) is 2.25. The molecule has 2 aromatic rings. The number of halogens is 1. The summed E-state index contributed by atoms with van der Waals surface area (Å²) in [5.41, 5.74) is 9.69. The van der Waals surface area contributed by atoms with Crippen molar-refractivity contribution in [2.45, 2.75) is 26.3 Å². The standard InChI is InChI=1S/C18H21NO2.ClH/c1-3-21-18(20)17-6-4-5-16(12-17)15-9-7-14(8-10-15)11-13(2)19;/h4-10,12-13H,3,11,19H2,1-2H3;1H. The van der Waals surface area contributed by atoms with Crippen molar-refractivity contribution in [2.24, 2.45) is 5.73 Å². The lowest BCUT2D eigenvalue weighted by Crippen LogP contribution is -2.17. The molecule has 4 heteroatoms. The number of carbonyl (C=O) groups excluding carboxylic acids is 1. The Morgan fingerprint density at radius 2 is 1.82 bits per heavy atom. The predicted molar refractivity (Wildman–Crippen MR) is 92.4 cm³/mol. The highest BCUT2D eigenvalue weighted by Gasteiger charge is 2.07. The van der Waals surface area contributed by atoms with E-state index in [0.717, 1.165) is 17.5 Å². The summed E-state index contributed by atoms with van der Waals surface area (Å²) in [7, 11) is 0. The third-order valence-corrected chi connectivity index (χ3v) is 3.22. The maximum Gasteiger partial charge on any atom is 0.338 e. The first-order valence-corrected chi connectivity index (χ1v) is 7.22. The van der Waals surface area contributed by atoms with E-state index in [-0.39, 0.29) is 24.4 Å². The monoisotopic (exact) mass is 319 g/mol. The number of ether oxygens (including phenoxy) is 1. The van der Waals surface area contributed by atoms with Gasteiger partial charge in [-0.15, -0.1) is 12.4 Å². The van der Waals surface area contributed by atoms with Gasteiger partial charge in [0.25, 0.3) is 0 Å². The zero-order valence-corrected chi connectivity index (χ0v) is 13.7. The second-order valence-electron chi connectivity index (χ2n) is 5.18. The summed E-state index contributed by atoms with van der Waals surface area (Å²) in [6, 6.07) is 15.9. The first-order valence-electron chi connectivity index (χ1n) is 7.22. The highest BCUT2D eigenvalue weighted by molar-refractivity contribution is 5.91. The van der Waals surface area contributed by atoms with Crippen molar-refractivity contribution in [1.29, 1.82) is 0 Å². The van der Waals surface area contributed by atoms with Gasteiger partial charge < -0.3 is 10.5 Å². The third-order valence-electron chi connectivity index (χ3n) is 3.22. The molecule has 0 saturated carbocycles. The average Bonchev–Trinajstić information content (AvgIpc) is 2.48. The van der Waals surface area contributed by atoms with Gasteiger partial charge in [0.15, 0.2) is 0 Å². The average molecular weight is 320 g/mol. The molecule has 0 heterocycles. The molecule has 0 saturated heterocycles. The number of benzene rings is 2. The Hall–Kier alpha value is -1.84. The lowest BCUT2D eigenvalue weighted by atomic mass is 10.00. The second-order valence-corrected chi connectivity index (χ2v) is 5.18. The molecule has 0 aromatic heterocycles. The Morgan fingerprint density at radius 3 is 2.41 bits per heavy atom. The molecule has 1 atom stereocenters. The van der Waals surface area contributed by atoms with Crippen LogP contribution in [-0.2, 0) is 11.2 Å². The van der Waals surface area contributed by atoms with E-state index < -0.39 is 0 Å². The van der Waals surface area contributed by atoms with E-state index in [4.69, 9.17) is 10.5 Å². The van der Waals surface area contributed by atoms with Gasteiger partial charge in [0.05, 0.1) is 12.2 Å². The van der Waals surface area contributed by atoms with Crippen LogP contribution in [0.2, 0.25) is 0 Å². The molecule has 0 spiro atoms. The molecule has 22 heavy (non-hydrogen) atoms. The summed E-state index contributed by atoms with van der Waals surface area (Å²) in [6.07, 6.45) is 0.864. The van der Waals surface area contributed by atoms with Crippen LogP contribution in [0.4, 0.5) is 0 Å². The smallest absolute Gasteiger partial charge is 0.338 e. The fourth-order valence-corrected chi connectivity index (χ4v) is 2.25. The van der Waals surface area contributed by atoms with Crippen LogP contribution >= 0.6 is 12.4 Å². The molecular weight excluding hydrogens is 298 g/mol. The van der Waals surface area contributed by atoms with Crippen LogP contribution in [0.25, 0.3) is 11.1 Å². The lowest BCUT2D eigenvalue weighted by molar-refractivity contribution is 0.0526. The molecule has 0 aliphatic rings. The minimum atomic E-state index is -0.284. The topological polar surface area (TPSA) is 52.3 Å². The van der Waals surface area contributed by atoms with Crippen molar-refractivity contribution < 1.29 is 9.53 Å². The van der Waals surface area contributed by atoms with E-state index in [2.05, 4.69) is 24.3 Å². The Bertz CT molecular complexity index is 609. The number of nitrogens with two attached hydrogens (primary N) is 1. The minimum absolute atomic E-state index is 0. The minimum Gasteiger partial charge on any atom is -0.462 e. The summed E-state index contributed by atoms with van der Waals surface area (Å²) in [4.78, 5) is 11.8. The summed E-state index contributed by atoms with van der Waals surface area (Å²) in [6.45, 7) is 4.19. The summed E-state index contributed by atoms with van der Waals surface area (Å²) in [5.74, 6) is -0.284. The molecule has 0 aliphatic heterocycles. The van der Waals surface area contributed by atoms with Crippen molar-refractivity contribution in [3.63, 3.8) is 0 Å². The van der Waals surface area contributed by atoms with Crippen LogP contribution in [0.3, 0.4) is 0 Å². The zero-order chi connectivity index (χ0) is 15.2. The third kappa shape index (κ3) is 4.86. The van der Waals surface area contributed by atoms with Crippen LogP contribution in [0.15, 0.2) is 48.5 Å². The first kappa shape index (κ1) is 18.2. The summed E-state index contributed by atoms with van der Waals surface area (Å²) < 4.78 is 5.03. The maximum atomic E-state index is 11.8. The Balaban J connectivity index is 0.00000242. The normalized spacial score (nSPS) is 11.4. The van der Waals surface area contributed by atoms with Gasteiger partial charge >= 0.3 is 5.97 Å². The first-order chi connectivity index (χ1) is 10.1. The number of rotatable bonds is 5. The van der Waals surface area contributed by atoms with E-state index in [1.807, 2.05) is 25.1 Å². The Kier molecular flexibility index (Phi) is 7.09. The van der Waals surface area contributed by atoms with E-state index in [9.17, 15) is 4.79 Å². The van der Waals surface area contributed by atoms with E-state index in [1.165, 1.54) is 5.56 Å². The quantitative estimate of drug-likeness (QED) is 0.852. The number of hydrogen-bond acceptors (Lipinski definition) is 3. The van der Waals surface area contributed by atoms with Crippen molar-refractivity contribution >= 4 is 18.4 Å². The van der Waals surface area contributed by atoms with Crippen molar-refractivity contribution in [1.82, 2.24) is 0 Å². The van der Waals surface area contributed by atoms with Crippen LogP contribution in [-0.4, -0.2) is 18.6 Å². The molecule has 3 nitrogen and oxygen atoms in total. The van der Waals surface area contributed by atoms with Gasteiger partial charge in [-0.2, -0.15) is 0 Å². The van der Waals surface area contributed by atoms with E-state index in [0.29, 0.717) is 12.2 Å². The molecule has 1 unspecified atom stereocenters. The number of esters is 1. The van der Waals surface area contributed by atoms with Gasteiger partial charge in [-0.05, 0) is 49.1 Å². The van der Waals surface area contributed by atoms with Crippen molar-refractivity contribution in [3.05, 3.63) is 59.7 Å². The molecule has 2 aromatic carbocycles. The summed E-state index contributed by atoms with van der Waals surface area (Å²) >= 11 is 0. The number of carbonyl (C=O) groups is 1. The van der Waals surface area contributed by atoms with Gasteiger partial charge in [-0.1, -0.05) is 36.4 Å². The van der Waals surface area contributed by atoms with E-state index in [1.54, 1.807) is 13.0 Å². The van der Waals surface area contributed by atoms with Crippen LogP contribution in [0.1, 0.15) is 29.8 Å². The predicted octanol–water partition coefficient (Wildman–Crippen LogP) is 3.84. The highest BCUT2D eigenvalue weighted by Crippen LogP contribution is 2.21. The molecular formula is C18H22ClNO2. The summed E-state index contributed by atoms with van der Waals surface area (Å²) in [5, 5.41) is 0. The van der Waals surface area contributed by atoms with Crippen LogP contribution < -0.4 is 5.73 Å². The van der Waals surface area contributed by atoms with Gasteiger partial charge in [-0.3, -0.25) is 0 Å². The number of hydrogen-bond donors (Lipinski definition) is 1. The molecule has 0 amide bonds. The molecule has 0 aliphatic carbocycles. The van der Waals surface area contributed by atoms with Crippen LogP contribution in [0, 0.1) is 0 Å². The van der Waals surface area contributed by atoms with Crippen molar-refractivity contribution in [3.8, 4) is 11.1 Å². The molecule has 2 rings (SSSR count). The Labute approximate surface area is 137 Å². The molecule has 0 bridgehead atoms. The van der Waals surface area contributed by atoms with Gasteiger partial charge in [0.2, 0.25) is 0 Å². The van der Waals surface area contributed by atoms with E-state index >= 15 is 0 Å². The maximum absolute atomic E-state index is 11.8. The Morgan fingerprint density at radius 1 is 1.14 bits per heavy atom. The lowest BCUT2D eigenvalue weighted by Gasteiger charge is -2.08. The molecule has 0 fully saturated rings. The SMILES string of the molecule is CCOC(=O)c1cccc(-c2ccc(CC(C)N)cc2)c1.Cl. The molecule has 0 radical (unpaired) electrons.